The number of hydrogen-bond acceptors (Lipinski definition) is 5. The van der Waals surface area contributed by atoms with Gasteiger partial charge in [-0.15, -0.1) is 11.8 Å². The molecule has 3 heterocycles. The van der Waals surface area contributed by atoms with E-state index in [2.05, 4.69) is 26.6 Å². The Morgan fingerprint density at radius 2 is 1.94 bits per heavy atom. The molecule has 0 aromatic rings. The molecule has 3 N–H and O–H groups in total. The molecule has 4 rings (SSSR count). The lowest BCUT2D eigenvalue weighted by atomic mass is 9.70. The first-order chi connectivity index (χ1) is 15.9. The maximum atomic E-state index is 13.8. The number of nitrogens with one attached hydrogen (secondary N) is 2. The predicted molar refractivity (Wildman–Crippen MR) is 133 cm³/mol. The van der Waals surface area contributed by atoms with Crippen LogP contribution in [0.15, 0.2) is 0 Å². The summed E-state index contributed by atoms with van der Waals surface area (Å²) in [4.78, 5) is 42.7. The van der Waals surface area contributed by atoms with Crippen LogP contribution in [0.25, 0.3) is 0 Å². The van der Waals surface area contributed by atoms with Crippen molar-refractivity contribution in [2.45, 2.75) is 98.0 Å². The number of thioether (sulfide) groups is 1. The van der Waals surface area contributed by atoms with Gasteiger partial charge >= 0.3 is 0 Å². The van der Waals surface area contributed by atoms with Crippen molar-refractivity contribution in [2.75, 3.05) is 19.7 Å². The van der Waals surface area contributed by atoms with Crippen LogP contribution >= 0.6 is 27.7 Å². The van der Waals surface area contributed by atoms with E-state index in [9.17, 15) is 14.4 Å². The molecule has 0 radical (unpaired) electrons. The number of aliphatic hydroxyl groups is 1. The maximum absolute atomic E-state index is 13.8. The largest absolute Gasteiger partial charge is 0.396 e. The lowest BCUT2D eigenvalue weighted by Gasteiger charge is -2.36. The quantitative estimate of drug-likeness (QED) is 0.290. The number of rotatable bonds is 10. The minimum atomic E-state index is -0.556. The highest BCUT2D eigenvalue weighted by atomic mass is 79.9. The molecular formula is C24H38BrN3O4S. The monoisotopic (exact) mass is 543 g/mol. The van der Waals surface area contributed by atoms with E-state index in [1.165, 1.54) is 6.42 Å². The number of likely N-dealkylation sites (tertiary alicyclic amines) is 1. The second kappa shape index (κ2) is 10.9. The van der Waals surface area contributed by atoms with Crippen molar-refractivity contribution in [3.05, 3.63) is 0 Å². The highest BCUT2D eigenvalue weighted by Gasteiger charge is 2.75. The zero-order valence-corrected chi connectivity index (χ0v) is 22.0. The van der Waals surface area contributed by atoms with E-state index in [0.29, 0.717) is 19.5 Å². The Labute approximate surface area is 209 Å². The van der Waals surface area contributed by atoms with Gasteiger partial charge in [0.05, 0.1) is 16.6 Å². The Kier molecular flexibility index (Phi) is 8.32. The summed E-state index contributed by atoms with van der Waals surface area (Å²) in [5, 5.41) is 15.5. The maximum Gasteiger partial charge on any atom is 0.244 e. The van der Waals surface area contributed by atoms with Crippen molar-refractivity contribution in [1.82, 2.24) is 15.5 Å². The van der Waals surface area contributed by atoms with Gasteiger partial charge in [-0.3, -0.25) is 14.4 Å². The molecule has 4 fully saturated rings. The zero-order chi connectivity index (χ0) is 23.6. The highest BCUT2D eigenvalue weighted by molar-refractivity contribution is 9.09. The van der Waals surface area contributed by atoms with Gasteiger partial charge in [-0.1, -0.05) is 42.1 Å². The summed E-state index contributed by atoms with van der Waals surface area (Å²) in [7, 11) is 0. The molecule has 1 saturated carbocycles. The van der Waals surface area contributed by atoms with Crippen molar-refractivity contribution in [1.29, 1.82) is 0 Å². The van der Waals surface area contributed by atoms with E-state index < -0.39 is 22.6 Å². The average molecular weight is 545 g/mol. The molecule has 3 aliphatic heterocycles. The lowest BCUT2D eigenvalue weighted by molar-refractivity contribution is -0.140. The summed E-state index contributed by atoms with van der Waals surface area (Å²) < 4.78 is -0.556. The number of carbonyl (C=O) groups excluding carboxylic acids is 3. The van der Waals surface area contributed by atoms with Crippen LogP contribution in [-0.2, 0) is 14.4 Å². The van der Waals surface area contributed by atoms with Gasteiger partial charge < -0.3 is 20.6 Å². The number of carbonyl (C=O) groups is 3. The molecule has 4 aliphatic rings. The van der Waals surface area contributed by atoms with Crippen LogP contribution in [0.1, 0.15) is 71.1 Å². The van der Waals surface area contributed by atoms with Crippen molar-refractivity contribution in [3.63, 3.8) is 0 Å². The molecular weight excluding hydrogens is 506 g/mol. The van der Waals surface area contributed by atoms with E-state index in [4.69, 9.17) is 5.11 Å². The van der Waals surface area contributed by atoms with Crippen LogP contribution in [0.3, 0.4) is 0 Å². The van der Waals surface area contributed by atoms with Crippen molar-refractivity contribution >= 4 is 45.4 Å². The van der Waals surface area contributed by atoms with Gasteiger partial charge in [0, 0.05) is 35.8 Å². The fourth-order valence-corrected chi connectivity index (χ4v) is 10.0. The molecule has 186 valence electrons. The first-order valence-electron chi connectivity index (χ1n) is 12.8. The molecule has 2 bridgehead atoms. The van der Waals surface area contributed by atoms with Gasteiger partial charge in [-0.05, 0) is 44.9 Å². The Morgan fingerprint density at radius 3 is 2.64 bits per heavy atom. The summed E-state index contributed by atoms with van der Waals surface area (Å²) in [5.74, 6) is -0.971. The molecule has 0 aromatic heterocycles. The predicted octanol–water partition coefficient (Wildman–Crippen LogP) is 2.59. The Morgan fingerprint density at radius 1 is 1.18 bits per heavy atom. The normalized spacial score (nSPS) is 35.7. The van der Waals surface area contributed by atoms with Gasteiger partial charge in [0.25, 0.3) is 0 Å². The molecule has 7 nitrogen and oxygen atoms in total. The number of nitrogens with zero attached hydrogens (tertiary/aromatic N) is 1. The molecule has 33 heavy (non-hydrogen) atoms. The minimum Gasteiger partial charge on any atom is -0.396 e. The Hall–Kier alpha value is -0.800. The van der Waals surface area contributed by atoms with E-state index in [-0.39, 0.29) is 40.4 Å². The molecule has 3 saturated heterocycles. The van der Waals surface area contributed by atoms with Crippen LogP contribution in [0, 0.1) is 11.8 Å². The van der Waals surface area contributed by atoms with Crippen LogP contribution in [-0.4, -0.2) is 74.3 Å². The summed E-state index contributed by atoms with van der Waals surface area (Å²) >= 11 is 5.51. The zero-order valence-electron chi connectivity index (χ0n) is 19.6. The van der Waals surface area contributed by atoms with E-state index in [1.807, 2.05) is 6.92 Å². The van der Waals surface area contributed by atoms with Crippen LogP contribution in [0.2, 0.25) is 0 Å². The fraction of sp³-hybridized carbons (Fsp3) is 0.875. The lowest BCUT2D eigenvalue weighted by Crippen LogP contribution is -2.56. The number of fused-ring (bicyclic) bond motifs is 1. The van der Waals surface area contributed by atoms with Gasteiger partial charge in [-0.25, -0.2) is 0 Å². The summed E-state index contributed by atoms with van der Waals surface area (Å²) in [6, 6.07) is -0.356. The number of aliphatic hydroxyl groups excluding tert-OH is 1. The van der Waals surface area contributed by atoms with E-state index in [1.54, 1.807) is 16.7 Å². The summed E-state index contributed by atoms with van der Waals surface area (Å²) in [5.41, 5.74) is 0. The molecule has 3 amide bonds. The third-order valence-corrected chi connectivity index (χ3v) is 11.1. The first kappa shape index (κ1) is 25.3. The number of unbranched alkanes of at least 4 members (excludes halogenated alkanes) is 2. The Balaban J connectivity index is 1.61. The molecule has 0 aromatic carbocycles. The number of amides is 3. The van der Waals surface area contributed by atoms with Crippen molar-refractivity contribution < 1.29 is 19.5 Å². The second-order valence-corrected chi connectivity index (χ2v) is 12.8. The topological polar surface area (TPSA) is 98.7 Å². The van der Waals surface area contributed by atoms with Crippen LogP contribution in [0.5, 0.6) is 0 Å². The average Bonchev–Trinajstić information content (AvgIpc) is 3.39. The van der Waals surface area contributed by atoms with Crippen molar-refractivity contribution in [2.24, 2.45) is 11.8 Å². The Bertz CT molecular complexity index is 749. The third-order valence-electron chi connectivity index (χ3n) is 7.90. The number of alkyl halides is 1. The van der Waals surface area contributed by atoms with E-state index in [0.717, 1.165) is 51.4 Å². The standard InChI is InChI=1S/C24H38BrN3O4S/c1-2-11-26-21(30)17-18-23(32)28(12-7-4-8-13-29)20(24(18)14-16(25)19(17)33-24)22(31)27-15-9-5-3-6-10-15/h15-20,29H,2-14H2,1H3,(H,26,30)(H,27,31)/t16?,17-,18-,19-,20?,24?/m0/s1. The molecule has 9 heteroatoms. The molecule has 6 atom stereocenters. The van der Waals surface area contributed by atoms with Gasteiger partial charge in [0.1, 0.15) is 6.04 Å². The second-order valence-electron chi connectivity index (χ2n) is 10.1. The third kappa shape index (κ3) is 4.70. The smallest absolute Gasteiger partial charge is 0.244 e. The highest BCUT2D eigenvalue weighted by Crippen LogP contribution is 2.67. The molecule has 1 spiro atoms. The SMILES string of the molecule is CCCNC(=O)[C@H]1[C@H]2C(=O)N(CCCCCO)C(C(=O)NC3CCCCC3)C23CC(Br)[C@@H]1S3. The summed E-state index contributed by atoms with van der Waals surface area (Å²) in [6.07, 6.45) is 9.31. The van der Waals surface area contributed by atoms with Gasteiger partial charge in [0.15, 0.2) is 0 Å². The fourth-order valence-electron chi connectivity index (χ4n) is 6.43. The van der Waals surface area contributed by atoms with Crippen LogP contribution in [0.4, 0.5) is 0 Å². The van der Waals surface area contributed by atoms with Crippen LogP contribution < -0.4 is 10.6 Å². The summed E-state index contributed by atoms with van der Waals surface area (Å²) in [6.45, 7) is 3.25. The number of halogens is 1. The van der Waals surface area contributed by atoms with Crippen molar-refractivity contribution in [3.8, 4) is 0 Å². The van der Waals surface area contributed by atoms with E-state index >= 15 is 0 Å². The first-order valence-corrected chi connectivity index (χ1v) is 14.6. The minimum absolute atomic E-state index is 0.0114. The van der Waals surface area contributed by atoms with Gasteiger partial charge in [0.2, 0.25) is 17.7 Å². The van der Waals surface area contributed by atoms with Gasteiger partial charge in [-0.2, -0.15) is 0 Å². The number of hydrogen-bond donors (Lipinski definition) is 3. The molecule has 1 aliphatic carbocycles. The molecule has 3 unspecified atom stereocenters.